The first-order valence-electron chi connectivity index (χ1n) is 10.4. The molecule has 27 heavy (non-hydrogen) atoms. The lowest BCUT2D eigenvalue weighted by Crippen LogP contribution is -2.39. The van der Waals surface area contributed by atoms with Gasteiger partial charge in [0.15, 0.2) is 0 Å². The molecule has 2 atom stereocenters. The summed E-state index contributed by atoms with van der Waals surface area (Å²) in [6, 6.07) is 10.6. The van der Waals surface area contributed by atoms with Crippen LogP contribution in [-0.2, 0) is 16.0 Å². The van der Waals surface area contributed by atoms with Crippen molar-refractivity contribution in [1.29, 1.82) is 0 Å². The maximum atomic E-state index is 11.1. The van der Waals surface area contributed by atoms with Crippen molar-refractivity contribution < 1.29 is 14.6 Å². The molecule has 0 saturated carbocycles. The van der Waals surface area contributed by atoms with Crippen LogP contribution in [0.5, 0.6) is 0 Å². The van der Waals surface area contributed by atoms with Crippen molar-refractivity contribution in [3.05, 3.63) is 48.0 Å². The van der Waals surface area contributed by atoms with Gasteiger partial charge in [0, 0.05) is 18.9 Å². The number of likely N-dealkylation sites (tertiary alicyclic amines) is 1. The number of ether oxygens (including phenoxy) is 1. The molecule has 1 aromatic rings. The quantitative estimate of drug-likeness (QED) is 0.360. The number of aliphatic hydroxyl groups excluding tert-OH is 1. The highest BCUT2D eigenvalue weighted by molar-refractivity contribution is 5.68. The van der Waals surface area contributed by atoms with Gasteiger partial charge in [0.2, 0.25) is 0 Å². The summed E-state index contributed by atoms with van der Waals surface area (Å²) in [6.07, 6.45) is 13.0. The number of hydrogen-bond acceptors (Lipinski definition) is 4. The monoisotopic (exact) mass is 373 g/mol. The Bertz CT molecular complexity index is 558. The van der Waals surface area contributed by atoms with E-state index in [9.17, 15) is 9.90 Å². The standard InChI is InChI=1S/C23H35NO3/c1-27-23(26)14-7-2-3-9-17-24-18-10-8-13-21(24)15-16-22(25)19-20-11-5-4-6-12-20/h4-6,11-12,15-16,21-22,25H,2-3,7-10,13-14,17-19H2,1H3/b16-15+. The smallest absolute Gasteiger partial charge is 0.305 e. The normalized spacial score (nSPS) is 19.3. The van der Waals surface area contributed by atoms with Crippen LogP contribution in [0.1, 0.15) is 56.9 Å². The van der Waals surface area contributed by atoms with Crippen molar-refractivity contribution in [1.82, 2.24) is 4.90 Å². The molecule has 0 bridgehead atoms. The Morgan fingerprint density at radius 3 is 2.78 bits per heavy atom. The van der Waals surface area contributed by atoms with Crippen molar-refractivity contribution >= 4 is 5.97 Å². The molecule has 0 aliphatic carbocycles. The third-order valence-corrected chi connectivity index (χ3v) is 5.31. The summed E-state index contributed by atoms with van der Waals surface area (Å²) in [5.41, 5.74) is 1.17. The number of methoxy groups -OCH3 is 1. The lowest BCUT2D eigenvalue weighted by molar-refractivity contribution is -0.140. The van der Waals surface area contributed by atoms with Gasteiger partial charge in [0.1, 0.15) is 0 Å². The van der Waals surface area contributed by atoms with Crippen LogP contribution in [0.2, 0.25) is 0 Å². The first kappa shape index (κ1) is 21.6. The van der Waals surface area contributed by atoms with Crippen LogP contribution in [-0.4, -0.2) is 48.3 Å². The number of nitrogens with zero attached hydrogens (tertiary/aromatic N) is 1. The zero-order valence-electron chi connectivity index (χ0n) is 16.7. The summed E-state index contributed by atoms with van der Waals surface area (Å²) in [6.45, 7) is 2.24. The molecule has 0 aromatic heterocycles. The van der Waals surface area contributed by atoms with Crippen molar-refractivity contribution in [2.45, 2.75) is 69.9 Å². The number of benzene rings is 1. The summed E-state index contributed by atoms with van der Waals surface area (Å²) >= 11 is 0. The fourth-order valence-corrected chi connectivity index (χ4v) is 3.73. The van der Waals surface area contributed by atoms with Crippen LogP contribution in [0.15, 0.2) is 42.5 Å². The fourth-order valence-electron chi connectivity index (χ4n) is 3.73. The summed E-state index contributed by atoms with van der Waals surface area (Å²) < 4.78 is 4.67. The lowest BCUT2D eigenvalue weighted by Gasteiger charge is -2.34. The highest BCUT2D eigenvalue weighted by atomic mass is 16.5. The summed E-state index contributed by atoms with van der Waals surface area (Å²) in [5, 5.41) is 10.3. The molecule has 2 rings (SSSR count). The molecule has 1 heterocycles. The van der Waals surface area contributed by atoms with Crippen LogP contribution in [0, 0.1) is 0 Å². The highest BCUT2D eigenvalue weighted by Crippen LogP contribution is 2.19. The highest BCUT2D eigenvalue weighted by Gasteiger charge is 2.19. The molecule has 0 amide bonds. The fraction of sp³-hybridized carbons (Fsp3) is 0.609. The average molecular weight is 374 g/mol. The van der Waals surface area contributed by atoms with Crippen molar-refractivity contribution in [3.8, 4) is 0 Å². The number of esters is 1. The molecule has 1 saturated heterocycles. The van der Waals surface area contributed by atoms with Crippen LogP contribution in [0.3, 0.4) is 0 Å². The maximum absolute atomic E-state index is 11.1. The van der Waals surface area contributed by atoms with E-state index >= 15 is 0 Å². The van der Waals surface area contributed by atoms with E-state index in [-0.39, 0.29) is 5.97 Å². The van der Waals surface area contributed by atoms with Gasteiger partial charge in [-0.3, -0.25) is 9.69 Å². The average Bonchev–Trinajstić information content (AvgIpc) is 2.70. The molecule has 0 spiro atoms. The van der Waals surface area contributed by atoms with E-state index < -0.39 is 6.10 Å². The van der Waals surface area contributed by atoms with Gasteiger partial charge >= 0.3 is 5.97 Å². The molecule has 1 aliphatic rings. The minimum Gasteiger partial charge on any atom is -0.469 e. The van der Waals surface area contributed by atoms with E-state index in [0.29, 0.717) is 18.9 Å². The third-order valence-electron chi connectivity index (χ3n) is 5.31. The van der Waals surface area contributed by atoms with Gasteiger partial charge in [-0.25, -0.2) is 0 Å². The minimum atomic E-state index is -0.422. The van der Waals surface area contributed by atoms with Crippen LogP contribution < -0.4 is 0 Å². The SMILES string of the molecule is COC(=O)CCCCCCN1CCCCC1/C=C/C(O)Cc1ccccc1. The second-order valence-corrected chi connectivity index (χ2v) is 7.48. The van der Waals surface area contributed by atoms with Crippen molar-refractivity contribution in [2.24, 2.45) is 0 Å². The number of unbranched alkanes of at least 4 members (excludes halogenated alkanes) is 3. The second-order valence-electron chi connectivity index (χ2n) is 7.48. The Kier molecular flexibility index (Phi) is 10.2. The number of piperidine rings is 1. The Morgan fingerprint density at radius 1 is 1.22 bits per heavy atom. The van der Waals surface area contributed by atoms with Crippen molar-refractivity contribution in [3.63, 3.8) is 0 Å². The number of carbonyl (C=O) groups excluding carboxylic acids is 1. The minimum absolute atomic E-state index is 0.106. The van der Waals surface area contributed by atoms with Gasteiger partial charge in [0.05, 0.1) is 13.2 Å². The summed E-state index contributed by atoms with van der Waals surface area (Å²) in [4.78, 5) is 13.7. The van der Waals surface area contributed by atoms with Gasteiger partial charge in [0.25, 0.3) is 0 Å². The molecule has 150 valence electrons. The van der Waals surface area contributed by atoms with Crippen LogP contribution in [0.25, 0.3) is 0 Å². The van der Waals surface area contributed by atoms with Crippen LogP contribution in [0.4, 0.5) is 0 Å². The van der Waals surface area contributed by atoms with E-state index in [1.165, 1.54) is 31.9 Å². The first-order chi connectivity index (χ1) is 13.2. The van der Waals surface area contributed by atoms with Gasteiger partial charge in [-0.05, 0) is 44.3 Å². The second kappa shape index (κ2) is 12.7. The summed E-state index contributed by atoms with van der Waals surface area (Å²) in [7, 11) is 1.45. The Labute approximate surface area is 164 Å². The Balaban J connectivity index is 1.69. The topological polar surface area (TPSA) is 49.8 Å². The van der Waals surface area contributed by atoms with E-state index in [2.05, 4.69) is 27.8 Å². The molecular weight excluding hydrogens is 338 g/mol. The van der Waals surface area contributed by atoms with Gasteiger partial charge < -0.3 is 9.84 Å². The van der Waals surface area contributed by atoms with Gasteiger partial charge in [-0.1, -0.05) is 61.7 Å². The van der Waals surface area contributed by atoms with Gasteiger partial charge in [-0.15, -0.1) is 0 Å². The molecular formula is C23H35NO3. The number of hydrogen-bond donors (Lipinski definition) is 1. The largest absolute Gasteiger partial charge is 0.469 e. The van der Waals surface area contributed by atoms with Crippen molar-refractivity contribution in [2.75, 3.05) is 20.2 Å². The van der Waals surface area contributed by atoms with E-state index in [0.717, 1.165) is 38.8 Å². The number of carbonyl (C=O) groups is 1. The predicted octanol–water partition coefficient (Wildman–Crippen LogP) is 4.12. The lowest BCUT2D eigenvalue weighted by atomic mass is 9.99. The molecule has 1 fully saturated rings. The molecule has 1 N–H and O–H groups in total. The van der Waals surface area contributed by atoms with E-state index in [1.54, 1.807) is 0 Å². The first-order valence-corrected chi connectivity index (χ1v) is 10.4. The Hall–Kier alpha value is -1.65. The molecule has 1 aromatic carbocycles. The van der Waals surface area contributed by atoms with E-state index in [4.69, 9.17) is 0 Å². The number of aliphatic hydroxyl groups is 1. The molecule has 1 aliphatic heterocycles. The predicted molar refractivity (Wildman–Crippen MR) is 110 cm³/mol. The molecule has 0 radical (unpaired) electrons. The molecule has 4 nitrogen and oxygen atoms in total. The zero-order valence-corrected chi connectivity index (χ0v) is 16.7. The zero-order chi connectivity index (χ0) is 19.3. The van der Waals surface area contributed by atoms with E-state index in [1.807, 2.05) is 24.3 Å². The van der Waals surface area contributed by atoms with Crippen LogP contribution >= 0.6 is 0 Å². The maximum Gasteiger partial charge on any atom is 0.305 e. The van der Waals surface area contributed by atoms with Gasteiger partial charge in [-0.2, -0.15) is 0 Å². The number of rotatable bonds is 11. The summed E-state index contributed by atoms with van der Waals surface area (Å²) in [5.74, 6) is -0.106. The molecule has 2 unspecified atom stereocenters. The third kappa shape index (κ3) is 8.72. The molecule has 4 heteroatoms. The Morgan fingerprint density at radius 2 is 2.00 bits per heavy atom.